The number of nitrogens with one attached hydrogen (secondary N) is 1. The topological polar surface area (TPSA) is 28.2 Å². The summed E-state index contributed by atoms with van der Waals surface area (Å²) >= 11 is 3.99. The number of nitrogens with zero attached hydrogens (tertiary/aromatic N) is 2. The Labute approximate surface area is 125 Å². The van der Waals surface area contributed by atoms with Gasteiger partial charge in [0.1, 0.15) is 0 Å². The first kappa shape index (κ1) is 15.1. The molecule has 2 heterocycles. The first-order valence-electron chi connectivity index (χ1n) is 7.16. The monoisotopic (exact) mass is 299 g/mol. The summed E-state index contributed by atoms with van der Waals surface area (Å²) in [5.74, 6) is 1.74. The molecule has 1 fully saturated rings. The molecule has 108 valence electrons. The number of thioether (sulfide) groups is 1. The van der Waals surface area contributed by atoms with Gasteiger partial charge < -0.3 is 10.2 Å². The van der Waals surface area contributed by atoms with E-state index in [0.29, 0.717) is 5.92 Å². The van der Waals surface area contributed by atoms with Crippen LogP contribution in [0.4, 0.5) is 5.13 Å². The molecule has 0 aliphatic carbocycles. The highest BCUT2D eigenvalue weighted by Crippen LogP contribution is 2.33. The predicted octanol–water partition coefficient (Wildman–Crippen LogP) is 3.32. The number of rotatable bonds is 5. The number of hydrogen-bond acceptors (Lipinski definition) is 5. The van der Waals surface area contributed by atoms with Crippen LogP contribution < -0.4 is 10.2 Å². The Morgan fingerprint density at radius 1 is 1.47 bits per heavy atom. The normalized spacial score (nSPS) is 20.3. The van der Waals surface area contributed by atoms with Crippen LogP contribution in [-0.4, -0.2) is 36.1 Å². The first-order valence-corrected chi connectivity index (χ1v) is 9.03. The molecule has 1 aromatic rings. The van der Waals surface area contributed by atoms with E-state index < -0.39 is 0 Å². The van der Waals surface area contributed by atoms with Gasteiger partial charge in [0.25, 0.3) is 0 Å². The van der Waals surface area contributed by atoms with Crippen molar-refractivity contribution < 1.29 is 0 Å². The Balaban J connectivity index is 2.17. The van der Waals surface area contributed by atoms with Crippen LogP contribution in [0.3, 0.4) is 0 Å². The summed E-state index contributed by atoms with van der Waals surface area (Å²) in [4.78, 5) is 8.80. The molecule has 1 aliphatic rings. The minimum absolute atomic E-state index is 0.509. The summed E-state index contributed by atoms with van der Waals surface area (Å²) in [5, 5.41) is 5.26. The van der Waals surface area contributed by atoms with E-state index in [2.05, 4.69) is 42.7 Å². The van der Waals surface area contributed by atoms with E-state index in [1.165, 1.54) is 27.9 Å². The SMILES string of the molecule is CCC1CN(c2nc(C(C)C)c(CNC)s2)CCS1. The maximum absolute atomic E-state index is 4.92. The number of anilines is 1. The smallest absolute Gasteiger partial charge is 0.185 e. The zero-order valence-electron chi connectivity index (χ0n) is 12.4. The van der Waals surface area contributed by atoms with E-state index in [1.807, 2.05) is 18.4 Å². The highest BCUT2D eigenvalue weighted by Gasteiger charge is 2.23. The number of aromatic nitrogens is 1. The predicted molar refractivity (Wildman–Crippen MR) is 87.7 cm³/mol. The van der Waals surface area contributed by atoms with E-state index in [4.69, 9.17) is 4.98 Å². The van der Waals surface area contributed by atoms with Crippen molar-refractivity contribution in [3.8, 4) is 0 Å². The third-order valence-electron chi connectivity index (χ3n) is 3.47. The van der Waals surface area contributed by atoms with Gasteiger partial charge in [-0.05, 0) is 19.4 Å². The van der Waals surface area contributed by atoms with Gasteiger partial charge in [-0.1, -0.05) is 20.8 Å². The van der Waals surface area contributed by atoms with Crippen molar-refractivity contribution in [2.24, 2.45) is 0 Å². The lowest BCUT2D eigenvalue weighted by molar-refractivity contribution is 0.720. The van der Waals surface area contributed by atoms with E-state index >= 15 is 0 Å². The summed E-state index contributed by atoms with van der Waals surface area (Å²) in [6, 6.07) is 0. The minimum atomic E-state index is 0.509. The fourth-order valence-corrected chi connectivity index (χ4v) is 4.81. The lowest BCUT2D eigenvalue weighted by Gasteiger charge is -2.31. The third kappa shape index (κ3) is 3.64. The fourth-order valence-electron chi connectivity index (χ4n) is 2.36. The van der Waals surface area contributed by atoms with Crippen LogP contribution in [-0.2, 0) is 6.54 Å². The molecule has 19 heavy (non-hydrogen) atoms. The molecule has 5 heteroatoms. The lowest BCUT2D eigenvalue weighted by atomic mass is 10.1. The standard InChI is InChI=1S/C14H25N3S2/c1-5-11-9-17(6-7-18-11)14-16-13(10(2)3)12(19-14)8-15-4/h10-11,15H,5-9H2,1-4H3. The van der Waals surface area contributed by atoms with Crippen LogP contribution in [0, 0.1) is 0 Å². The van der Waals surface area contributed by atoms with Gasteiger partial charge in [0.15, 0.2) is 5.13 Å². The average molecular weight is 300 g/mol. The van der Waals surface area contributed by atoms with Crippen molar-refractivity contribution in [2.45, 2.75) is 44.9 Å². The fraction of sp³-hybridized carbons (Fsp3) is 0.786. The largest absolute Gasteiger partial charge is 0.346 e. The summed E-state index contributed by atoms with van der Waals surface area (Å²) in [6.07, 6.45) is 1.26. The molecular formula is C14H25N3S2. The summed E-state index contributed by atoms with van der Waals surface area (Å²) in [7, 11) is 2.01. The molecule has 2 rings (SSSR count). The Morgan fingerprint density at radius 2 is 2.26 bits per heavy atom. The third-order valence-corrected chi connectivity index (χ3v) is 5.97. The van der Waals surface area contributed by atoms with E-state index in [1.54, 1.807) is 0 Å². The van der Waals surface area contributed by atoms with Crippen LogP contribution in [0.2, 0.25) is 0 Å². The zero-order valence-corrected chi connectivity index (χ0v) is 14.0. The van der Waals surface area contributed by atoms with Gasteiger partial charge in [0, 0.05) is 35.5 Å². The molecule has 0 aromatic carbocycles. The van der Waals surface area contributed by atoms with Crippen molar-refractivity contribution in [3.05, 3.63) is 10.6 Å². The minimum Gasteiger partial charge on any atom is -0.346 e. The zero-order chi connectivity index (χ0) is 13.8. The van der Waals surface area contributed by atoms with Gasteiger partial charge in [0.05, 0.1) is 5.69 Å². The molecule has 0 spiro atoms. The first-order chi connectivity index (χ1) is 9.15. The molecule has 1 atom stereocenters. The highest BCUT2D eigenvalue weighted by molar-refractivity contribution is 8.00. The van der Waals surface area contributed by atoms with Crippen LogP contribution in [0.15, 0.2) is 0 Å². The van der Waals surface area contributed by atoms with Gasteiger partial charge in [-0.3, -0.25) is 0 Å². The Morgan fingerprint density at radius 3 is 2.89 bits per heavy atom. The molecule has 0 saturated carbocycles. The van der Waals surface area contributed by atoms with Gasteiger partial charge in [-0.2, -0.15) is 11.8 Å². The van der Waals surface area contributed by atoms with Crippen molar-refractivity contribution >= 4 is 28.2 Å². The summed E-state index contributed by atoms with van der Waals surface area (Å²) in [6.45, 7) is 9.99. The molecule has 1 aromatic heterocycles. The number of hydrogen-bond donors (Lipinski definition) is 1. The van der Waals surface area contributed by atoms with Gasteiger partial charge in [-0.25, -0.2) is 4.98 Å². The molecule has 1 saturated heterocycles. The van der Waals surface area contributed by atoms with Crippen molar-refractivity contribution in [1.29, 1.82) is 0 Å². The Kier molecular flexibility index (Phi) is 5.54. The quantitative estimate of drug-likeness (QED) is 0.903. The summed E-state index contributed by atoms with van der Waals surface area (Å²) < 4.78 is 0. The van der Waals surface area contributed by atoms with Crippen LogP contribution in [0.25, 0.3) is 0 Å². The highest BCUT2D eigenvalue weighted by atomic mass is 32.2. The van der Waals surface area contributed by atoms with Crippen LogP contribution in [0.1, 0.15) is 43.7 Å². The van der Waals surface area contributed by atoms with Crippen molar-refractivity contribution in [1.82, 2.24) is 10.3 Å². The van der Waals surface area contributed by atoms with Gasteiger partial charge >= 0.3 is 0 Å². The molecule has 1 aliphatic heterocycles. The maximum atomic E-state index is 4.92. The molecule has 3 nitrogen and oxygen atoms in total. The van der Waals surface area contributed by atoms with Gasteiger partial charge in [-0.15, -0.1) is 11.3 Å². The number of thiazole rings is 1. The molecule has 0 amide bonds. The lowest BCUT2D eigenvalue weighted by Crippen LogP contribution is -2.37. The Bertz CT molecular complexity index is 403. The van der Waals surface area contributed by atoms with E-state index in [9.17, 15) is 0 Å². The van der Waals surface area contributed by atoms with Gasteiger partial charge in [0.2, 0.25) is 0 Å². The second kappa shape index (κ2) is 6.95. The van der Waals surface area contributed by atoms with Crippen LogP contribution >= 0.6 is 23.1 Å². The van der Waals surface area contributed by atoms with Crippen LogP contribution in [0.5, 0.6) is 0 Å². The molecule has 1 N–H and O–H groups in total. The maximum Gasteiger partial charge on any atom is 0.185 e. The molecule has 1 unspecified atom stereocenters. The summed E-state index contributed by atoms with van der Waals surface area (Å²) in [5.41, 5.74) is 1.28. The van der Waals surface area contributed by atoms with E-state index in [0.717, 1.165) is 24.9 Å². The molecular weight excluding hydrogens is 274 g/mol. The molecule has 0 radical (unpaired) electrons. The second-order valence-electron chi connectivity index (χ2n) is 5.34. The molecule has 0 bridgehead atoms. The van der Waals surface area contributed by atoms with Crippen molar-refractivity contribution in [3.63, 3.8) is 0 Å². The average Bonchev–Trinajstić information content (AvgIpc) is 2.83. The van der Waals surface area contributed by atoms with Crippen molar-refractivity contribution in [2.75, 3.05) is 30.8 Å². The van der Waals surface area contributed by atoms with E-state index in [-0.39, 0.29) is 0 Å². The Hall–Kier alpha value is -0.260. The second-order valence-corrected chi connectivity index (χ2v) is 7.81.